The van der Waals surface area contributed by atoms with E-state index in [0.29, 0.717) is 10.5 Å². The molecule has 1 aliphatic rings. The molecule has 4 heteroatoms. The van der Waals surface area contributed by atoms with Gasteiger partial charge in [0.2, 0.25) is 0 Å². The summed E-state index contributed by atoms with van der Waals surface area (Å²) < 4.78 is 14.5. The lowest BCUT2D eigenvalue weighted by molar-refractivity contribution is 0.0985. The summed E-state index contributed by atoms with van der Waals surface area (Å²) in [5, 5.41) is 0. The lowest BCUT2D eigenvalue weighted by atomic mass is 9.86. The first kappa shape index (κ1) is 11.2. The van der Waals surface area contributed by atoms with E-state index in [2.05, 4.69) is 31.4 Å². The van der Waals surface area contributed by atoms with Crippen molar-refractivity contribution in [2.24, 2.45) is 0 Å². The van der Waals surface area contributed by atoms with Gasteiger partial charge >= 0.3 is 0 Å². The molecule has 1 heterocycles. The Hall–Kier alpha value is -1.29. The minimum Gasteiger partial charge on any atom is -0.275 e. The predicted molar refractivity (Wildman–Crippen MR) is 66.1 cm³/mol. The highest BCUT2D eigenvalue weighted by Crippen LogP contribution is 2.29. The molecular weight excluding hydrogens is 222 g/mol. The maximum absolute atomic E-state index is 12.1. The molecule has 3 nitrogen and oxygen atoms in total. The first-order valence-electron chi connectivity index (χ1n) is 5.06. The third-order valence-electron chi connectivity index (χ3n) is 2.71. The fourth-order valence-electron chi connectivity index (χ4n) is 1.71. The molecule has 0 saturated carbocycles. The van der Waals surface area contributed by atoms with Crippen LogP contribution in [-0.2, 0) is 15.1 Å². The largest absolute Gasteiger partial charge is 0.275 e. The second-order valence-corrected chi connectivity index (χ2v) is 7.06. The van der Waals surface area contributed by atoms with E-state index in [9.17, 15) is 9.00 Å². The number of rotatable bonds is 0. The zero-order chi connectivity index (χ0) is 12.1. The summed E-state index contributed by atoms with van der Waals surface area (Å²) in [4.78, 5) is 12.0. The van der Waals surface area contributed by atoms with Gasteiger partial charge in [-0.1, -0.05) is 26.8 Å². The van der Waals surface area contributed by atoms with E-state index >= 15 is 0 Å². The van der Waals surface area contributed by atoms with E-state index in [1.54, 1.807) is 6.07 Å². The second kappa shape index (κ2) is 3.10. The maximum Gasteiger partial charge on any atom is 0.263 e. The molecule has 1 atom stereocenters. The van der Waals surface area contributed by atoms with Crippen LogP contribution in [0.3, 0.4) is 0 Å². The van der Waals surface area contributed by atoms with E-state index in [-0.39, 0.29) is 11.3 Å². The zero-order valence-corrected chi connectivity index (χ0v) is 10.5. The minimum atomic E-state index is -2.64. The highest BCUT2D eigenvalue weighted by Gasteiger charge is 2.29. The van der Waals surface area contributed by atoms with Gasteiger partial charge in [0.15, 0.2) is 0 Å². The van der Waals surface area contributed by atoms with Crippen LogP contribution in [0.1, 0.15) is 36.7 Å². The van der Waals surface area contributed by atoms with Crippen LogP contribution >= 0.6 is 0 Å². The van der Waals surface area contributed by atoms with Crippen molar-refractivity contribution in [2.75, 3.05) is 0 Å². The molecule has 2 rings (SSSR count). The molecule has 1 unspecified atom stereocenters. The molecule has 0 spiro atoms. The first-order chi connectivity index (χ1) is 7.22. The second-order valence-electron chi connectivity index (χ2n) is 5.07. The molecular formula is C12H15NO2S. The van der Waals surface area contributed by atoms with Crippen LogP contribution in [0.4, 0.5) is 0 Å². The van der Waals surface area contributed by atoms with Crippen molar-refractivity contribution in [3.63, 3.8) is 0 Å². The van der Waals surface area contributed by atoms with E-state index in [1.807, 2.05) is 12.1 Å². The van der Waals surface area contributed by atoms with Gasteiger partial charge in [-0.15, -0.1) is 0 Å². The Morgan fingerprint density at radius 1 is 1.31 bits per heavy atom. The normalized spacial score (nSPS) is 24.1. The van der Waals surface area contributed by atoms with Crippen molar-refractivity contribution in [3.05, 3.63) is 29.3 Å². The number of benzene rings is 1. The summed E-state index contributed by atoms with van der Waals surface area (Å²) >= 11 is 0. The molecule has 86 valence electrons. The molecule has 1 aromatic rings. The van der Waals surface area contributed by atoms with Crippen molar-refractivity contribution in [1.29, 1.82) is 0 Å². The summed E-state index contributed by atoms with van der Waals surface area (Å²) in [7, 11) is -2.64. The smallest absolute Gasteiger partial charge is 0.263 e. The number of hydrogen-bond donors (Lipinski definition) is 1. The lowest BCUT2D eigenvalue weighted by Gasteiger charge is -2.19. The highest BCUT2D eigenvalue weighted by atomic mass is 32.2. The van der Waals surface area contributed by atoms with Crippen molar-refractivity contribution in [2.45, 2.75) is 31.1 Å². The molecule has 1 amide bonds. The van der Waals surface area contributed by atoms with Gasteiger partial charge < -0.3 is 0 Å². The van der Waals surface area contributed by atoms with Crippen LogP contribution in [0.2, 0.25) is 0 Å². The highest BCUT2D eigenvalue weighted by molar-refractivity contribution is 7.99. The number of carbonyl (C=O) groups is 1. The Morgan fingerprint density at radius 2 is 1.94 bits per heavy atom. The zero-order valence-electron chi connectivity index (χ0n) is 9.66. The van der Waals surface area contributed by atoms with Crippen LogP contribution in [0.25, 0.3) is 0 Å². The summed E-state index contributed by atoms with van der Waals surface area (Å²) in [5.41, 5.74) is 1.50. The quantitative estimate of drug-likeness (QED) is 0.698. The predicted octanol–water partition coefficient (Wildman–Crippen LogP) is 1.72. The van der Waals surface area contributed by atoms with Gasteiger partial charge in [-0.25, -0.2) is 4.21 Å². The number of nitrogens with one attached hydrogen (secondary N) is 1. The third kappa shape index (κ3) is 1.63. The molecule has 0 fully saturated rings. The van der Waals surface area contributed by atoms with Crippen molar-refractivity contribution < 1.29 is 9.00 Å². The van der Waals surface area contributed by atoms with Gasteiger partial charge in [0.05, 0.1) is 20.2 Å². The molecule has 0 saturated heterocycles. The molecule has 0 bridgehead atoms. The fraction of sp³-hybridized carbons (Fsp3) is 0.333. The van der Waals surface area contributed by atoms with E-state index < -0.39 is 9.71 Å². The maximum atomic E-state index is 12.1. The van der Waals surface area contributed by atoms with Gasteiger partial charge in [0.1, 0.15) is 0 Å². The molecule has 1 aliphatic heterocycles. The van der Waals surface area contributed by atoms with Crippen LogP contribution < -0.4 is 4.72 Å². The SMILES string of the molecule is C=S1(=O)NC(=O)c2ccc(C(C)(C)C)cc21. The van der Waals surface area contributed by atoms with Gasteiger partial charge in [-0.2, -0.15) is 0 Å². The Kier molecular flexibility index (Phi) is 2.17. The number of amides is 1. The Balaban J connectivity index is 2.69. The van der Waals surface area contributed by atoms with E-state index in [4.69, 9.17) is 0 Å². The van der Waals surface area contributed by atoms with Crippen LogP contribution in [0.5, 0.6) is 0 Å². The Bertz CT molecular complexity index is 565. The summed E-state index contributed by atoms with van der Waals surface area (Å²) in [6, 6.07) is 5.45. The van der Waals surface area contributed by atoms with Crippen molar-refractivity contribution in [1.82, 2.24) is 4.72 Å². The van der Waals surface area contributed by atoms with E-state index in [1.165, 1.54) is 0 Å². The standard InChI is InChI=1S/C12H15NO2S/c1-12(2,3)8-5-6-9-10(7-8)16(4,15)13-11(9)14/h5-7H,4H2,1-3H3,(H,13,14,15). The number of fused-ring (bicyclic) bond motifs is 1. The molecule has 0 aromatic heterocycles. The average Bonchev–Trinajstić information content (AvgIpc) is 2.36. The molecule has 16 heavy (non-hydrogen) atoms. The minimum absolute atomic E-state index is 0.0316. The molecule has 1 aromatic carbocycles. The van der Waals surface area contributed by atoms with Crippen LogP contribution in [-0.4, -0.2) is 16.0 Å². The van der Waals surface area contributed by atoms with E-state index in [0.717, 1.165) is 5.56 Å². The topological polar surface area (TPSA) is 46.2 Å². The van der Waals surface area contributed by atoms with Crippen LogP contribution in [0.15, 0.2) is 23.1 Å². The van der Waals surface area contributed by atoms with Gasteiger partial charge in [-0.05, 0) is 29.0 Å². The van der Waals surface area contributed by atoms with Crippen molar-refractivity contribution >= 4 is 21.5 Å². The number of carbonyl (C=O) groups excluding carboxylic acids is 1. The molecule has 1 N–H and O–H groups in total. The lowest BCUT2D eigenvalue weighted by Crippen LogP contribution is -2.20. The molecule has 0 radical (unpaired) electrons. The van der Waals surface area contributed by atoms with Gasteiger partial charge in [0.25, 0.3) is 5.91 Å². The first-order valence-corrected chi connectivity index (χ1v) is 6.78. The Labute approximate surface area is 96.0 Å². The van der Waals surface area contributed by atoms with Gasteiger partial charge in [-0.3, -0.25) is 9.52 Å². The monoisotopic (exact) mass is 237 g/mol. The van der Waals surface area contributed by atoms with Crippen LogP contribution in [0, 0.1) is 0 Å². The summed E-state index contributed by atoms with van der Waals surface area (Å²) in [6.07, 6.45) is 0. The molecule has 0 aliphatic carbocycles. The van der Waals surface area contributed by atoms with Gasteiger partial charge in [0, 0.05) is 0 Å². The fourth-order valence-corrected chi connectivity index (χ4v) is 3.06. The van der Waals surface area contributed by atoms with Crippen molar-refractivity contribution in [3.8, 4) is 0 Å². The summed E-state index contributed by atoms with van der Waals surface area (Å²) in [6.45, 7) is 6.22. The Morgan fingerprint density at radius 3 is 2.50 bits per heavy atom. The summed E-state index contributed by atoms with van der Waals surface area (Å²) in [5.74, 6) is 3.28. The number of hydrogen-bond acceptors (Lipinski definition) is 2. The average molecular weight is 237 g/mol. The third-order valence-corrected chi connectivity index (χ3v) is 4.27.